The summed E-state index contributed by atoms with van der Waals surface area (Å²) in [7, 11) is 0. The van der Waals surface area contributed by atoms with Crippen molar-refractivity contribution in [3.63, 3.8) is 0 Å². The molecule has 0 spiro atoms. The van der Waals surface area contributed by atoms with Gasteiger partial charge in [0.1, 0.15) is 35.5 Å². The van der Waals surface area contributed by atoms with E-state index >= 15 is 0 Å². The fourth-order valence-electron chi connectivity index (χ4n) is 2.94. The van der Waals surface area contributed by atoms with Gasteiger partial charge < -0.3 is 19.6 Å². The Morgan fingerprint density at radius 1 is 1.46 bits per heavy atom. The van der Waals surface area contributed by atoms with Crippen molar-refractivity contribution in [2.24, 2.45) is 5.73 Å². The Morgan fingerprint density at radius 2 is 2.25 bits per heavy atom. The van der Waals surface area contributed by atoms with Crippen LogP contribution in [-0.4, -0.2) is 11.8 Å². The van der Waals surface area contributed by atoms with Gasteiger partial charge in [0.15, 0.2) is 5.78 Å². The molecule has 0 radical (unpaired) electrons. The number of allylic oxidation sites excluding steroid dienone is 3. The van der Waals surface area contributed by atoms with E-state index in [1.165, 1.54) is 6.92 Å². The van der Waals surface area contributed by atoms with Crippen LogP contribution in [0.15, 0.2) is 39.3 Å². The molecule has 0 amide bonds. The molecule has 24 heavy (non-hydrogen) atoms. The van der Waals surface area contributed by atoms with Crippen LogP contribution in [0.5, 0.6) is 0 Å². The van der Waals surface area contributed by atoms with Crippen molar-refractivity contribution in [1.29, 1.82) is 5.26 Å². The van der Waals surface area contributed by atoms with E-state index in [1.54, 1.807) is 12.1 Å². The Labute approximate surface area is 138 Å². The lowest BCUT2D eigenvalue weighted by molar-refractivity contribution is -0.142. The minimum absolute atomic E-state index is 0.00566. The van der Waals surface area contributed by atoms with Crippen LogP contribution in [0, 0.1) is 11.3 Å². The predicted octanol–water partition coefficient (Wildman–Crippen LogP) is 2.16. The number of hydrogen-bond donors (Lipinski definition) is 1. The van der Waals surface area contributed by atoms with E-state index in [4.69, 9.17) is 19.6 Å². The first kappa shape index (κ1) is 15.9. The fourth-order valence-corrected chi connectivity index (χ4v) is 2.94. The molecule has 0 saturated heterocycles. The van der Waals surface area contributed by atoms with Crippen LogP contribution in [0.2, 0.25) is 0 Å². The molecule has 0 saturated carbocycles. The first-order chi connectivity index (χ1) is 11.5. The summed E-state index contributed by atoms with van der Waals surface area (Å²) >= 11 is 0. The molecule has 1 aliphatic heterocycles. The number of rotatable bonds is 3. The van der Waals surface area contributed by atoms with Crippen LogP contribution >= 0.6 is 0 Å². The van der Waals surface area contributed by atoms with Crippen molar-refractivity contribution in [1.82, 2.24) is 0 Å². The quantitative estimate of drug-likeness (QED) is 0.845. The molecule has 2 N–H and O–H groups in total. The molecule has 2 aliphatic rings. The van der Waals surface area contributed by atoms with Gasteiger partial charge in [0, 0.05) is 25.3 Å². The van der Waals surface area contributed by atoms with E-state index in [0.717, 1.165) is 0 Å². The molecule has 1 aromatic rings. The van der Waals surface area contributed by atoms with Crippen molar-refractivity contribution < 1.29 is 23.5 Å². The topological polar surface area (TPSA) is 116 Å². The number of esters is 1. The predicted molar refractivity (Wildman–Crippen MR) is 80.7 cm³/mol. The molecule has 0 fully saturated rings. The Bertz CT molecular complexity index is 809. The SMILES string of the molecule is CC(=O)OCc1ccc([C@H]2C(C#N)=C(N)OC3=C2C(=O)CCC3)o1. The number of ketones is 1. The molecule has 2 heterocycles. The van der Waals surface area contributed by atoms with E-state index in [0.29, 0.717) is 42.1 Å². The minimum atomic E-state index is -0.683. The second-order valence-electron chi connectivity index (χ2n) is 5.62. The van der Waals surface area contributed by atoms with Crippen LogP contribution in [0.1, 0.15) is 43.6 Å². The van der Waals surface area contributed by atoms with Crippen LogP contribution < -0.4 is 5.73 Å². The summed E-state index contributed by atoms with van der Waals surface area (Å²) in [5, 5.41) is 9.44. The van der Waals surface area contributed by atoms with E-state index in [2.05, 4.69) is 0 Å². The first-order valence-electron chi connectivity index (χ1n) is 7.57. The van der Waals surface area contributed by atoms with Gasteiger partial charge in [-0.3, -0.25) is 9.59 Å². The third kappa shape index (κ3) is 2.78. The molecule has 0 unspecified atom stereocenters. The van der Waals surface area contributed by atoms with Crippen molar-refractivity contribution in [3.8, 4) is 6.07 Å². The third-order valence-corrected chi connectivity index (χ3v) is 3.99. The highest BCUT2D eigenvalue weighted by molar-refractivity contribution is 5.99. The van der Waals surface area contributed by atoms with Crippen molar-refractivity contribution in [3.05, 3.63) is 46.4 Å². The van der Waals surface area contributed by atoms with E-state index < -0.39 is 11.9 Å². The molecule has 7 nitrogen and oxygen atoms in total. The van der Waals surface area contributed by atoms with Gasteiger partial charge in [0.2, 0.25) is 5.88 Å². The zero-order chi connectivity index (χ0) is 17.3. The highest BCUT2D eigenvalue weighted by Crippen LogP contribution is 2.43. The lowest BCUT2D eigenvalue weighted by atomic mass is 9.80. The monoisotopic (exact) mass is 328 g/mol. The first-order valence-corrected chi connectivity index (χ1v) is 7.57. The fraction of sp³-hybridized carbons (Fsp3) is 0.353. The summed E-state index contributed by atoms with van der Waals surface area (Å²) in [5.41, 5.74) is 6.43. The molecular weight excluding hydrogens is 312 g/mol. The second kappa shape index (κ2) is 6.24. The summed E-state index contributed by atoms with van der Waals surface area (Å²) in [5.74, 6) is 0.153. The maximum absolute atomic E-state index is 12.4. The summed E-state index contributed by atoms with van der Waals surface area (Å²) in [6.45, 7) is 1.29. The molecule has 7 heteroatoms. The van der Waals surface area contributed by atoms with Gasteiger partial charge >= 0.3 is 5.97 Å². The zero-order valence-corrected chi connectivity index (χ0v) is 13.1. The van der Waals surface area contributed by atoms with Gasteiger partial charge in [-0.25, -0.2) is 0 Å². The van der Waals surface area contributed by atoms with Crippen LogP contribution in [0.4, 0.5) is 0 Å². The smallest absolute Gasteiger partial charge is 0.303 e. The average molecular weight is 328 g/mol. The summed E-state index contributed by atoms with van der Waals surface area (Å²) < 4.78 is 16.1. The van der Waals surface area contributed by atoms with Gasteiger partial charge in [-0.1, -0.05) is 0 Å². The Balaban J connectivity index is 2.00. The van der Waals surface area contributed by atoms with E-state index in [9.17, 15) is 14.9 Å². The molecule has 1 aromatic heterocycles. The van der Waals surface area contributed by atoms with Crippen LogP contribution in [0.25, 0.3) is 0 Å². The van der Waals surface area contributed by atoms with Crippen molar-refractivity contribution in [2.45, 2.75) is 38.7 Å². The number of carbonyl (C=O) groups excluding carboxylic acids is 2. The molecule has 0 bridgehead atoms. The maximum atomic E-state index is 12.4. The minimum Gasteiger partial charge on any atom is -0.461 e. The van der Waals surface area contributed by atoms with Crippen LogP contribution in [0.3, 0.4) is 0 Å². The Morgan fingerprint density at radius 3 is 2.96 bits per heavy atom. The Hall–Kier alpha value is -3.01. The number of carbonyl (C=O) groups is 2. The molecule has 1 atom stereocenters. The van der Waals surface area contributed by atoms with Gasteiger partial charge in [-0.2, -0.15) is 5.26 Å². The standard InChI is InChI=1S/C17H16N2O5/c1-9(20)22-8-10-5-6-14(23-10)15-11(7-18)17(19)24-13-4-2-3-12(21)16(13)15/h5-6,15H,2-4,8,19H2,1H3/t15-/m1/s1. The number of ether oxygens (including phenoxy) is 2. The highest BCUT2D eigenvalue weighted by atomic mass is 16.5. The second-order valence-corrected chi connectivity index (χ2v) is 5.62. The molecular formula is C17H16N2O5. The maximum Gasteiger partial charge on any atom is 0.303 e. The number of nitrogens with two attached hydrogens (primary N) is 1. The van der Waals surface area contributed by atoms with E-state index in [1.807, 2.05) is 6.07 Å². The lowest BCUT2D eigenvalue weighted by Crippen LogP contribution is -2.27. The summed E-state index contributed by atoms with van der Waals surface area (Å²) in [6.07, 6.45) is 1.69. The van der Waals surface area contributed by atoms with Crippen molar-refractivity contribution in [2.75, 3.05) is 0 Å². The number of nitriles is 1. The molecule has 1 aliphatic carbocycles. The highest BCUT2D eigenvalue weighted by Gasteiger charge is 2.39. The Kier molecular flexibility index (Phi) is 4.13. The summed E-state index contributed by atoms with van der Waals surface area (Å²) in [4.78, 5) is 23.3. The normalized spacial score (nSPS) is 20.3. The molecule has 3 rings (SSSR count). The lowest BCUT2D eigenvalue weighted by Gasteiger charge is -2.29. The molecule has 124 valence electrons. The summed E-state index contributed by atoms with van der Waals surface area (Å²) in [6, 6.07) is 5.32. The number of hydrogen-bond acceptors (Lipinski definition) is 7. The largest absolute Gasteiger partial charge is 0.461 e. The van der Waals surface area contributed by atoms with Crippen molar-refractivity contribution >= 4 is 11.8 Å². The molecule has 0 aromatic carbocycles. The number of furan rings is 1. The zero-order valence-electron chi connectivity index (χ0n) is 13.1. The number of Topliss-reactive ketones (excluding diaryl/α,β-unsaturated/α-hetero) is 1. The van der Waals surface area contributed by atoms with Gasteiger partial charge in [0.25, 0.3) is 0 Å². The number of nitrogens with zero attached hydrogens (tertiary/aromatic N) is 1. The van der Waals surface area contributed by atoms with Gasteiger partial charge in [0.05, 0.1) is 5.92 Å². The average Bonchev–Trinajstić information content (AvgIpc) is 3.00. The van der Waals surface area contributed by atoms with Crippen LogP contribution in [-0.2, 0) is 25.7 Å². The van der Waals surface area contributed by atoms with E-state index in [-0.39, 0.29) is 23.8 Å². The van der Waals surface area contributed by atoms with Gasteiger partial charge in [-0.15, -0.1) is 0 Å². The van der Waals surface area contributed by atoms with Gasteiger partial charge in [-0.05, 0) is 18.6 Å². The third-order valence-electron chi connectivity index (χ3n) is 3.99.